The van der Waals surface area contributed by atoms with Crippen molar-refractivity contribution in [2.24, 2.45) is 0 Å². The van der Waals surface area contributed by atoms with Gasteiger partial charge < -0.3 is 10.1 Å². The number of thiazole rings is 1. The number of benzene rings is 1. The number of amides is 1. The Hall–Kier alpha value is -2.38. The Labute approximate surface area is 140 Å². The fourth-order valence-corrected chi connectivity index (χ4v) is 2.99. The third-order valence-corrected chi connectivity index (χ3v) is 4.13. The molecule has 3 rings (SSSR count). The van der Waals surface area contributed by atoms with Crippen molar-refractivity contribution in [3.63, 3.8) is 0 Å². The van der Waals surface area contributed by atoms with Gasteiger partial charge in [0, 0.05) is 17.3 Å². The lowest BCUT2D eigenvalue weighted by Crippen LogP contribution is -2.30. The van der Waals surface area contributed by atoms with E-state index in [-0.39, 0.29) is 10.8 Å². The summed E-state index contributed by atoms with van der Waals surface area (Å²) >= 11 is 7.32. The second-order valence-electron chi connectivity index (χ2n) is 4.71. The molecule has 1 aromatic carbocycles. The molecule has 0 aliphatic rings. The van der Waals surface area contributed by atoms with Gasteiger partial charge in [-0.05, 0) is 19.1 Å². The first-order chi connectivity index (χ1) is 11.1. The average molecular weight is 350 g/mol. The summed E-state index contributed by atoms with van der Waals surface area (Å²) in [7, 11) is 0. The summed E-state index contributed by atoms with van der Waals surface area (Å²) in [5, 5.41) is 4.50. The molecule has 0 radical (unpaired) electrons. The Kier molecular flexibility index (Phi) is 4.31. The van der Waals surface area contributed by atoms with Gasteiger partial charge in [-0.25, -0.2) is 9.78 Å². The normalized spacial score (nSPS) is 12.1. The molecule has 0 saturated carbocycles. The highest BCUT2D eigenvalue weighted by molar-refractivity contribution is 7.15. The molecule has 118 valence electrons. The minimum absolute atomic E-state index is 0.0533. The van der Waals surface area contributed by atoms with Gasteiger partial charge in [-0.1, -0.05) is 29.8 Å². The van der Waals surface area contributed by atoms with Crippen LogP contribution in [0.15, 0.2) is 41.9 Å². The molecular weight excluding hydrogens is 338 g/mol. The highest BCUT2D eigenvalue weighted by Crippen LogP contribution is 2.22. The first kappa shape index (κ1) is 15.5. The lowest BCUT2D eigenvalue weighted by molar-refractivity contribution is -0.123. The summed E-state index contributed by atoms with van der Waals surface area (Å²) in [6, 6.07) is 8.93. The van der Waals surface area contributed by atoms with Gasteiger partial charge in [0.05, 0.1) is 0 Å². The SMILES string of the molecule is C[C@H](OC(=O)c1c(Cl)nc2sccn12)C(=O)Nc1ccccc1. The largest absolute Gasteiger partial charge is 0.448 e. The summed E-state index contributed by atoms with van der Waals surface area (Å²) in [6.07, 6.45) is 0.701. The van der Waals surface area contributed by atoms with Crippen molar-refractivity contribution < 1.29 is 14.3 Å². The number of aromatic nitrogens is 2. The maximum atomic E-state index is 12.3. The van der Waals surface area contributed by atoms with Crippen LogP contribution in [0.1, 0.15) is 17.4 Å². The molecule has 1 N–H and O–H groups in total. The fourth-order valence-electron chi connectivity index (χ4n) is 1.98. The number of fused-ring (bicyclic) bond motifs is 1. The number of esters is 1. The predicted octanol–water partition coefficient (Wildman–Crippen LogP) is 3.23. The molecule has 0 saturated heterocycles. The molecular formula is C15H12ClN3O3S. The number of imidazole rings is 1. The molecule has 3 aromatic rings. The average Bonchev–Trinajstić information content (AvgIpc) is 3.07. The summed E-state index contributed by atoms with van der Waals surface area (Å²) in [5.41, 5.74) is 0.741. The number of carbonyl (C=O) groups excluding carboxylic acids is 2. The van der Waals surface area contributed by atoms with Gasteiger partial charge in [0.25, 0.3) is 5.91 Å². The quantitative estimate of drug-likeness (QED) is 0.734. The Morgan fingerprint density at radius 3 is 2.83 bits per heavy atom. The lowest BCUT2D eigenvalue weighted by Gasteiger charge is -2.13. The number of carbonyl (C=O) groups is 2. The fraction of sp³-hybridized carbons (Fsp3) is 0.133. The van der Waals surface area contributed by atoms with E-state index in [1.54, 1.807) is 35.8 Å². The van der Waals surface area contributed by atoms with Crippen molar-refractivity contribution in [2.45, 2.75) is 13.0 Å². The maximum absolute atomic E-state index is 12.3. The summed E-state index contributed by atoms with van der Waals surface area (Å²) in [4.78, 5) is 29.0. The van der Waals surface area contributed by atoms with Gasteiger partial charge in [-0.15, -0.1) is 11.3 Å². The molecule has 0 spiro atoms. The monoisotopic (exact) mass is 349 g/mol. The smallest absolute Gasteiger partial charge is 0.359 e. The van der Waals surface area contributed by atoms with Crippen LogP contribution >= 0.6 is 22.9 Å². The van der Waals surface area contributed by atoms with E-state index in [1.165, 1.54) is 22.7 Å². The van der Waals surface area contributed by atoms with E-state index in [4.69, 9.17) is 16.3 Å². The number of halogens is 1. The van der Waals surface area contributed by atoms with E-state index >= 15 is 0 Å². The molecule has 0 bridgehead atoms. The van der Waals surface area contributed by atoms with E-state index in [1.807, 2.05) is 6.07 Å². The number of nitrogens with zero attached hydrogens (tertiary/aromatic N) is 2. The number of para-hydroxylation sites is 1. The molecule has 0 fully saturated rings. The number of nitrogens with one attached hydrogen (secondary N) is 1. The van der Waals surface area contributed by atoms with Gasteiger partial charge in [-0.3, -0.25) is 9.20 Å². The van der Waals surface area contributed by atoms with Crippen LogP contribution in [0.4, 0.5) is 5.69 Å². The first-order valence-corrected chi connectivity index (χ1v) is 8.00. The Morgan fingerprint density at radius 2 is 2.09 bits per heavy atom. The highest BCUT2D eigenvalue weighted by atomic mass is 35.5. The number of anilines is 1. The van der Waals surface area contributed by atoms with Crippen LogP contribution in [0.25, 0.3) is 4.96 Å². The Bertz CT molecular complexity index is 859. The zero-order valence-electron chi connectivity index (χ0n) is 12.0. The number of hydrogen-bond donors (Lipinski definition) is 1. The Morgan fingerprint density at radius 1 is 1.35 bits per heavy atom. The molecule has 0 aliphatic heterocycles. The lowest BCUT2D eigenvalue weighted by atomic mass is 10.3. The summed E-state index contributed by atoms with van der Waals surface area (Å²) < 4.78 is 6.73. The maximum Gasteiger partial charge on any atom is 0.359 e. The minimum atomic E-state index is -0.969. The second kappa shape index (κ2) is 6.39. The number of hydrogen-bond acceptors (Lipinski definition) is 5. The molecule has 23 heavy (non-hydrogen) atoms. The topological polar surface area (TPSA) is 72.7 Å². The van der Waals surface area contributed by atoms with Gasteiger partial charge in [0.15, 0.2) is 21.9 Å². The van der Waals surface area contributed by atoms with Crippen LogP contribution in [0.3, 0.4) is 0 Å². The highest BCUT2D eigenvalue weighted by Gasteiger charge is 2.24. The van der Waals surface area contributed by atoms with Crippen molar-refractivity contribution in [3.8, 4) is 0 Å². The van der Waals surface area contributed by atoms with Crippen LogP contribution in [0, 0.1) is 0 Å². The Balaban J connectivity index is 1.71. The van der Waals surface area contributed by atoms with E-state index in [0.29, 0.717) is 10.6 Å². The molecule has 6 nitrogen and oxygen atoms in total. The van der Waals surface area contributed by atoms with Crippen LogP contribution in [-0.4, -0.2) is 27.4 Å². The van der Waals surface area contributed by atoms with Gasteiger partial charge in [0.2, 0.25) is 0 Å². The number of rotatable bonds is 4. The first-order valence-electron chi connectivity index (χ1n) is 6.74. The van der Waals surface area contributed by atoms with E-state index in [2.05, 4.69) is 10.3 Å². The summed E-state index contributed by atoms with van der Waals surface area (Å²) in [5.74, 6) is -1.12. The van der Waals surface area contributed by atoms with Crippen molar-refractivity contribution in [1.29, 1.82) is 0 Å². The molecule has 2 heterocycles. The van der Waals surface area contributed by atoms with Crippen LogP contribution in [0.2, 0.25) is 5.15 Å². The van der Waals surface area contributed by atoms with Crippen LogP contribution in [0.5, 0.6) is 0 Å². The van der Waals surface area contributed by atoms with Crippen LogP contribution in [-0.2, 0) is 9.53 Å². The molecule has 1 atom stereocenters. The predicted molar refractivity (Wildman–Crippen MR) is 88.0 cm³/mol. The minimum Gasteiger partial charge on any atom is -0.448 e. The van der Waals surface area contributed by atoms with E-state index in [9.17, 15) is 9.59 Å². The third-order valence-electron chi connectivity index (χ3n) is 3.11. The van der Waals surface area contributed by atoms with E-state index < -0.39 is 18.0 Å². The van der Waals surface area contributed by atoms with E-state index in [0.717, 1.165) is 0 Å². The standard InChI is InChI=1S/C15H12ClN3O3S/c1-9(13(20)17-10-5-3-2-4-6-10)22-14(21)11-12(16)18-15-19(11)7-8-23-15/h2-9H,1H3,(H,17,20)/t9-/m0/s1. The zero-order valence-corrected chi connectivity index (χ0v) is 13.6. The number of ether oxygens (including phenoxy) is 1. The van der Waals surface area contributed by atoms with Crippen molar-refractivity contribution in [2.75, 3.05) is 5.32 Å². The summed E-state index contributed by atoms with van der Waals surface area (Å²) in [6.45, 7) is 1.50. The van der Waals surface area contributed by atoms with Gasteiger partial charge in [0.1, 0.15) is 0 Å². The third kappa shape index (κ3) is 3.20. The molecule has 1 amide bonds. The molecule has 0 unspecified atom stereocenters. The molecule has 8 heteroatoms. The second-order valence-corrected chi connectivity index (χ2v) is 5.94. The van der Waals surface area contributed by atoms with Crippen molar-refractivity contribution in [3.05, 3.63) is 52.8 Å². The van der Waals surface area contributed by atoms with Crippen molar-refractivity contribution >= 4 is 45.5 Å². The van der Waals surface area contributed by atoms with Gasteiger partial charge in [-0.2, -0.15) is 0 Å². The zero-order chi connectivity index (χ0) is 16.4. The molecule has 2 aromatic heterocycles. The molecule has 0 aliphatic carbocycles. The van der Waals surface area contributed by atoms with Gasteiger partial charge >= 0.3 is 5.97 Å². The van der Waals surface area contributed by atoms with Crippen LogP contribution < -0.4 is 5.32 Å². The van der Waals surface area contributed by atoms with Crippen molar-refractivity contribution in [1.82, 2.24) is 9.38 Å².